The number of nitro benzene ring substituents is 1. The van der Waals surface area contributed by atoms with E-state index in [1.807, 2.05) is 0 Å². The highest BCUT2D eigenvalue weighted by Crippen LogP contribution is 2.41. The summed E-state index contributed by atoms with van der Waals surface area (Å²) in [4.78, 5) is 7.53. The molecular formula is C10H5F6NO2S. The van der Waals surface area contributed by atoms with Crippen molar-refractivity contribution in [1.29, 1.82) is 0 Å². The zero-order valence-corrected chi connectivity index (χ0v) is 10.1. The number of hydrogen-bond donors (Lipinski definition) is 0. The van der Waals surface area contributed by atoms with Gasteiger partial charge in [-0.25, -0.2) is 0 Å². The van der Waals surface area contributed by atoms with Crippen molar-refractivity contribution >= 4 is 17.4 Å². The van der Waals surface area contributed by atoms with Crippen molar-refractivity contribution in [3.8, 4) is 0 Å². The van der Waals surface area contributed by atoms with Gasteiger partial charge in [0.25, 0.3) is 5.69 Å². The molecule has 0 aliphatic heterocycles. The summed E-state index contributed by atoms with van der Waals surface area (Å²) >= 11 is -0.164. The smallest absolute Gasteiger partial charge is 0.258 e. The molecule has 0 fully saturated rings. The van der Waals surface area contributed by atoms with Gasteiger partial charge in [-0.2, -0.15) is 26.3 Å². The van der Waals surface area contributed by atoms with Gasteiger partial charge in [-0.3, -0.25) is 10.1 Å². The second-order valence-electron chi connectivity index (χ2n) is 3.40. The Morgan fingerprint density at radius 1 is 1.10 bits per heavy atom. The van der Waals surface area contributed by atoms with Crippen LogP contribution in [-0.4, -0.2) is 17.3 Å². The van der Waals surface area contributed by atoms with E-state index in [-0.39, 0.29) is 22.3 Å². The molecule has 0 saturated carbocycles. The van der Waals surface area contributed by atoms with E-state index in [0.717, 1.165) is 24.3 Å². The maximum Gasteiger partial charge on any atom is 0.422 e. The van der Waals surface area contributed by atoms with Crippen LogP contribution in [0.5, 0.6) is 0 Å². The molecule has 0 unspecified atom stereocenters. The van der Waals surface area contributed by atoms with Crippen molar-refractivity contribution in [3.63, 3.8) is 0 Å². The molecule has 0 spiro atoms. The van der Waals surface area contributed by atoms with E-state index in [0.29, 0.717) is 0 Å². The summed E-state index contributed by atoms with van der Waals surface area (Å²) in [5.41, 5.74) is -0.372. The Labute approximate surface area is 112 Å². The fourth-order valence-corrected chi connectivity index (χ4v) is 1.92. The van der Waals surface area contributed by atoms with Gasteiger partial charge in [0.1, 0.15) is 0 Å². The first-order chi connectivity index (χ1) is 8.99. The van der Waals surface area contributed by atoms with E-state index in [2.05, 4.69) is 0 Å². The summed E-state index contributed by atoms with van der Waals surface area (Å²) in [5.74, 6) is 0. The molecule has 1 aromatic rings. The molecule has 20 heavy (non-hydrogen) atoms. The molecule has 110 valence electrons. The molecule has 0 aliphatic rings. The largest absolute Gasteiger partial charge is 0.422 e. The van der Waals surface area contributed by atoms with Gasteiger partial charge in [0.05, 0.1) is 9.83 Å². The molecule has 0 N–H and O–H groups in total. The number of alkyl halides is 6. The molecule has 0 amide bonds. The zero-order valence-electron chi connectivity index (χ0n) is 9.33. The van der Waals surface area contributed by atoms with Gasteiger partial charge in [-0.15, -0.1) is 0 Å². The number of benzene rings is 1. The second kappa shape index (κ2) is 5.73. The Kier molecular flexibility index (Phi) is 4.69. The van der Waals surface area contributed by atoms with Gasteiger partial charge in [-0.05, 0) is 12.1 Å². The van der Waals surface area contributed by atoms with Crippen LogP contribution in [0.3, 0.4) is 0 Å². The number of rotatable bonds is 3. The zero-order chi connectivity index (χ0) is 15.6. The van der Waals surface area contributed by atoms with Gasteiger partial charge in [0, 0.05) is 23.1 Å². The van der Waals surface area contributed by atoms with Crippen LogP contribution in [0.2, 0.25) is 0 Å². The van der Waals surface area contributed by atoms with Crippen LogP contribution in [-0.2, 0) is 0 Å². The molecule has 0 bridgehead atoms. The maximum atomic E-state index is 12.4. The fourth-order valence-electron chi connectivity index (χ4n) is 1.08. The first-order valence-electron chi connectivity index (χ1n) is 4.78. The third kappa shape index (κ3) is 5.11. The lowest BCUT2D eigenvalue weighted by Gasteiger charge is -2.12. The van der Waals surface area contributed by atoms with Crippen LogP contribution in [0.15, 0.2) is 40.1 Å². The Balaban J connectivity index is 3.02. The number of halogens is 6. The van der Waals surface area contributed by atoms with Crippen molar-refractivity contribution in [2.75, 3.05) is 0 Å². The molecule has 0 radical (unpaired) electrons. The number of allylic oxidation sites excluding steroid dienone is 2. The van der Waals surface area contributed by atoms with Gasteiger partial charge in [-0.1, -0.05) is 11.8 Å². The van der Waals surface area contributed by atoms with Gasteiger partial charge < -0.3 is 0 Å². The van der Waals surface area contributed by atoms with Gasteiger partial charge in [0.15, 0.2) is 0 Å². The van der Waals surface area contributed by atoms with Crippen LogP contribution in [0.4, 0.5) is 32.0 Å². The molecule has 1 rings (SSSR count). The summed E-state index contributed by atoms with van der Waals surface area (Å²) < 4.78 is 73.4. The van der Waals surface area contributed by atoms with Crippen molar-refractivity contribution < 1.29 is 31.3 Å². The lowest BCUT2D eigenvalue weighted by atomic mass is 10.3. The minimum absolute atomic E-state index is 0.164. The Morgan fingerprint density at radius 2 is 1.60 bits per heavy atom. The number of hydrogen-bond acceptors (Lipinski definition) is 3. The van der Waals surface area contributed by atoms with Crippen molar-refractivity contribution in [2.24, 2.45) is 0 Å². The topological polar surface area (TPSA) is 43.1 Å². The van der Waals surface area contributed by atoms with Crippen molar-refractivity contribution in [3.05, 3.63) is 45.4 Å². The van der Waals surface area contributed by atoms with E-state index in [1.165, 1.54) is 0 Å². The predicted octanol–water partition coefficient (Wildman–Crippen LogP) is 4.70. The summed E-state index contributed by atoms with van der Waals surface area (Å²) in [7, 11) is 0. The van der Waals surface area contributed by atoms with E-state index >= 15 is 0 Å². The summed E-state index contributed by atoms with van der Waals surface area (Å²) in [6.45, 7) is 0. The minimum atomic E-state index is -5.16. The first-order valence-corrected chi connectivity index (χ1v) is 5.60. The number of thioether (sulfide) groups is 1. The lowest BCUT2D eigenvalue weighted by molar-refractivity contribution is -0.384. The summed E-state index contributed by atoms with van der Waals surface area (Å²) in [6.07, 6.45) is -11.1. The van der Waals surface area contributed by atoms with Crippen LogP contribution < -0.4 is 0 Å². The maximum absolute atomic E-state index is 12.4. The fraction of sp³-hybridized carbons (Fsp3) is 0.200. The minimum Gasteiger partial charge on any atom is -0.258 e. The molecule has 3 nitrogen and oxygen atoms in total. The molecule has 0 atom stereocenters. The lowest BCUT2D eigenvalue weighted by Crippen LogP contribution is -2.14. The predicted molar refractivity (Wildman–Crippen MR) is 59.1 cm³/mol. The standard InChI is InChI=1S/C10H5F6NO2S/c11-9(12,13)5-8(10(14,15)16)20-7-3-1-6(2-4-7)17(18)19/h1-5H/b8-5-. The number of nitro groups is 1. The first kappa shape index (κ1) is 16.3. The highest BCUT2D eigenvalue weighted by atomic mass is 32.2. The van der Waals surface area contributed by atoms with Gasteiger partial charge in [0.2, 0.25) is 0 Å². The molecule has 0 saturated heterocycles. The second-order valence-corrected chi connectivity index (χ2v) is 4.52. The molecule has 10 heteroatoms. The number of non-ortho nitro benzene ring substituents is 1. The summed E-state index contributed by atoms with van der Waals surface area (Å²) in [6, 6.07) is 3.70. The highest BCUT2D eigenvalue weighted by Gasteiger charge is 2.39. The van der Waals surface area contributed by atoms with E-state index in [4.69, 9.17) is 0 Å². The quantitative estimate of drug-likeness (QED) is 0.351. The Bertz CT molecular complexity index is 520. The molecule has 0 aromatic heterocycles. The van der Waals surface area contributed by atoms with Crippen LogP contribution in [0.25, 0.3) is 0 Å². The third-order valence-electron chi connectivity index (χ3n) is 1.85. The third-order valence-corrected chi connectivity index (χ3v) is 2.93. The molecule has 0 aliphatic carbocycles. The normalized spacial score (nSPS) is 13.4. The molecular weight excluding hydrogens is 312 g/mol. The molecule has 0 heterocycles. The van der Waals surface area contributed by atoms with E-state index in [9.17, 15) is 36.5 Å². The monoisotopic (exact) mass is 317 g/mol. The summed E-state index contributed by atoms with van der Waals surface area (Å²) in [5, 5.41) is 10.3. The number of nitrogens with zero attached hydrogens (tertiary/aromatic N) is 1. The van der Waals surface area contributed by atoms with Crippen LogP contribution in [0, 0.1) is 10.1 Å². The van der Waals surface area contributed by atoms with E-state index in [1.54, 1.807) is 0 Å². The average Bonchev–Trinajstić information content (AvgIpc) is 2.25. The van der Waals surface area contributed by atoms with Crippen molar-refractivity contribution in [2.45, 2.75) is 17.2 Å². The Morgan fingerprint density at radius 3 is 1.95 bits per heavy atom. The highest BCUT2D eigenvalue weighted by molar-refractivity contribution is 8.03. The Hall–Kier alpha value is -1.71. The average molecular weight is 317 g/mol. The van der Waals surface area contributed by atoms with Gasteiger partial charge >= 0.3 is 12.4 Å². The SMILES string of the molecule is O=[N+]([O-])c1ccc(S/C(=C\C(F)(F)F)C(F)(F)F)cc1. The molecule has 1 aromatic carbocycles. The van der Waals surface area contributed by atoms with E-state index < -0.39 is 28.3 Å². The van der Waals surface area contributed by atoms with Crippen molar-refractivity contribution in [1.82, 2.24) is 0 Å². The van der Waals surface area contributed by atoms with Crippen LogP contribution in [0.1, 0.15) is 0 Å². The van der Waals surface area contributed by atoms with Crippen LogP contribution >= 0.6 is 11.8 Å².